The standard InChI is InChI=1S/C23H25BrN4O3/c1-2-31-20-11-6-4-9-18(20)23(30)25-14-7-12-22(29)27-21-13-15-26-28(21)16-17-8-3-5-10-19(17)24/h3-6,8-11,13,15H,2,7,12,14,16H2,1H3,(H,25,30)(H,27,29). The van der Waals surface area contributed by atoms with Crippen LogP contribution in [0.1, 0.15) is 35.7 Å². The average Bonchev–Trinajstić information content (AvgIpc) is 3.20. The number of ether oxygens (including phenoxy) is 1. The Labute approximate surface area is 189 Å². The van der Waals surface area contributed by atoms with Gasteiger partial charge in [0.15, 0.2) is 0 Å². The van der Waals surface area contributed by atoms with E-state index in [0.29, 0.717) is 43.2 Å². The quantitative estimate of drug-likeness (QED) is 0.421. The molecule has 0 bridgehead atoms. The minimum Gasteiger partial charge on any atom is -0.493 e. The molecule has 0 unspecified atom stereocenters. The lowest BCUT2D eigenvalue weighted by molar-refractivity contribution is -0.116. The van der Waals surface area contributed by atoms with E-state index >= 15 is 0 Å². The van der Waals surface area contributed by atoms with E-state index in [-0.39, 0.29) is 18.2 Å². The number of aromatic nitrogens is 2. The monoisotopic (exact) mass is 484 g/mol. The summed E-state index contributed by atoms with van der Waals surface area (Å²) in [6, 6.07) is 16.8. The molecule has 2 amide bonds. The first-order valence-electron chi connectivity index (χ1n) is 10.1. The van der Waals surface area contributed by atoms with Crippen LogP contribution in [0.25, 0.3) is 0 Å². The molecule has 0 radical (unpaired) electrons. The maximum Gasteiger partial charge on any atom is 0.255 e. The Morgan fingerprint density at radius 2 is 1.87 bits per heavy atom. The van der Waals surface area contributed by atoms with Crippen LogP contribution in [-0.4, -0.2) is 34.7 Å². The highest BCUT2D eigenvalue weighted by Crippen LogP contribution is 2.19. The zero-order valence-electron chi connectivity index (χ0n) is 17.3. The minimum absolute atomic E-state index is 0.127. The Morgan fingerprint density at radius 3 is 2.68 bits per heavy atom. The minimum atomic E-state index is -0.212. The smallest absolute Gasteiger partial charge is 0.255 e. The van der Waals surface area contributed by atoms with Crippen LogP contribution in [0, 0.1) is 0 Å². The van der Waals surface area contributed by atoms with Gasteiger partial charge in [0.1, 0.15) is 11.6 Å². The van der Waals surface area contributed by atoms with Crippen LogP contribution in [0.3, 0.4) is 0 Å². The first-order valence-corrected chi connectivity index (χ1v) is 10.9. The van der Waals surface area contributed by atoms with Gasteiger partial charge in [-0.3, -0.25) is 9.59 Å². The van der Waals surface area contributed by atoms with E-state index in [2.05, 4.69) is 31.7 Å². The first-order chi connectivity index (χ1) is 15.1. The van der Waals surface area contributed by atoms with Crippen LogP contribution in [-0.2, 0) is 11.3 Å². The van der Waals surface area contributed by atoms with Crippen LogP contribution in [0.4, 0.5) is 5.82 Å². The number of amides is 2. The molecule has 2 aromatic carbocycles. The third kappa shape index (κ3) is 6.42. The third-order valence-corrected chi connectivity index (χ3v) is 5.33. The molecule has 7 nitrogen and oxygen atoms in total. The number of halogens is 1. The van der Waals surface area contributed by atoms with Gasteiger partial charge in [-0.1, -0.05) is 46.3 Å². The number of para-hydroxylation sites is 1. The molecule has 3 aromatic rings. The van der Waals surface area contributed by atoms with Crippen molar-refractivity contribution >= 4 is 33.6 Å². The van der Waals surface area contributed by atoms with Crippen molar-refractivity contribution in [3.63, 3.8) is 0 Å². The van der Waals surface area contributed by atoms with Crippen molar-refractivity contribution in [2.75, 3.05) is 18.5 Å². The number of hydrogen-bond donors (Lipinski definition) is 2. The van der Waals surface area contributed by atoms with Crippen molar-refractivity contribution < 1.29 is 14.3 Å². The highest BCUT2D eigenvalue weighted by molar-refractivity contribution is 9.10. The topological polar surface area (TPSA) is 85.2 Å². The summed E-state index contributed by atoms with van der Waals surface area (Å²) in [7, 11) is 0. The molecule has 31 heavy (non-hydrogen) atoms. The number of rotatable bonds is 10. The number of nitrogens with one attached hydrogen (secondary N) is 2. The molecule has 0 spiro atoms. The zero-order valence-corrected chi connectivity index (χ0v) is 18.9. The van der Waals surface area contributed by atoms with Crippen LogP contribution in [0.2, 0.25) is 0 Å². The molecule has 0 saturated heterocycles. The number of hydrogen-bond acceptors (Lipinski definition) is 4. The predicted octanol–water partition coefficient (Wildman–Crippen LogP) is 4.24. The van der Waals surface area contributed by atoms with E-state index in [1.807, 2.05) is 37.3 Å². The van der Waals surface area contributed by atoms with Gasteiger partial charge in [0.2, 0.25) is 5.91 Å². The maximum atomic E-state index is 12.4. The van der Waals surface area contributed by atoms with Gasteiger partial charge >= 0.3 is 0 Å². The predicted molar refractivity (Wildman–Crippen MR) is 123 cm³/mol. The normalized spacial score (nSPS) is 10.5. The van der Waals surface area contributed by atoms with Gasteiger partial charge in [0.25, 0.3) is 5.91 Å². The Kier molecular flexibility index (Phi) is 8.23. The molecule has 8 heteroatoms. The number of anilines is 1. The van der Waals surface area contributed by atoms with E-state index in [4.69, 9.17) is 4.74 Å². The van der Waals surface area contributed by atoms with Crippen molar-refractivity contribution in [1.29, 1.82) is 0 Å². The van der Waals surface area contributed by atoms with Crippen molar-refractivity contribution in [3.8, 4) is 5.75 Å². The van der Waals surface area contributed by atoms with Gasteiger partial charge in [-0.2, -0.15) is 5.10 Å². The van der Waals surface area contributed by atoms with Crippen LogP contribution < -0.4 is 15.4 Å². The Bertz CT molecular complexity index is 1030. The van der Waals surface area contributed by atoms with Crippen molar-refractivity contribution in [3.05, 3.63) is 76.4 Å². The third-order valence-electron chi connectivity index (χ3n) is 4.56. The maximum absolute atomic E-state index is 12.4. The van der Waals surface area contributed by atoms with Crippen molar-refractivity contribution in [1.82, 2.24) is 15.1 Å². The summed E-state index contributed by atoms with van der Waals surface area (Å²) >= 11 is 3.53. The summed E-state index contributed by atoms with van der Waals surface area (Å²) in [4.78, 5) is 24.7. The molecule has 1 aromatic heterocycles. The van der Waals surface area contributed by atoms with Gasteiger partial charge in [-0.25, -0.2) is 4.68 Å². The highest BCUT2D eigenvalue weighted by atomic mass is 79.9. The molecule has 0 atom stereocenters. The SMILES string of the molecule is CCOc1ccccc1C(=O)NCCCC(=O)Nc1ccnn1Cc1ccccc1Br. The Morgan fingerprint density at radius 1 is 1.10 bits per heavy atom. The molecular formula is C23H25BrN4O3. The van der Waals surface area contributed by atoms with Crippen LogP contribution in [0.5, 0.6) is 5.75 Å². The largest absolute Gasteiger partial charge is 0.493 e. The number of nitrogens with zero attached hydrogens (tertiary/aromatic N) is 2. The summed E-state index contributed by atoms with van der Waals surface area (Å²) < 4.78 is 8.22. The second kappa shape index (κ2) is 11.3. The van der Waals surface area contributed by atoms with Crippen molar-refractivity contribution in [2.24, 2.45) is 0 Å². The summed E-state index contributed by atoms with van der Waals surface area (Å²) in [5.41, 5.74) is 1.56. The second-order valence-corrected chi connectivity index (χ2v) is 7.66. The Balaban J connectivity index is 1.46. The van der Waals surface area contributed by atoms with Gasteiger partial charge < -0.3 is 15.4 Å². The highest BCUT2D eigenvalue weighted by Gasteiger charge is 2.12. The van der Waals surface area contributed by atoms with E-state index < -0.39 is 0 Å². The summed E-state index contributed by atoms with van der Waals surface area (Å²) in [5.74, 6) is 0.850. The van der Waals surface area contributed by atoms with E-state index in [1.165, 1.54) is 0 Å². The van der Waals surface area contributed by atoms with E-state index in [0.717, 1.165) is 10.0 Å². The zero-order chi connectivity index (χ0) is 22.1. The fraction of sp³-hybridized carbons (Fsp3) is 0.261. The molecule has 0 aliphatic carbocycles. The van der Waals surface area contributed by atoms with Gasteiger partial charge in [-0.15, -0.1) is 0 Å². The summed E-state index contributed by atoms with van der Waals surface area (Å²) in [5, 5.41) is 10.0. The lowest BCUT2D eigenvalue weighted by Gasteiger charge is -2.11. The van der Waals surface area contributed by atoms with Gasteiger partial charge in [0.05, 0.1) is 24.9 Å². The van der Waals surface area contributed by atoms with Gasteiger partial charge in [0, 0.05) is 23.5 Å². The fourth-order valence-corrected chi connectivity index (χ4v) is 3.45. The summed E-state index contributed by atoms with van der Waals surface area (Å²) in [6.45, 7) is 3.29. The molecular weight excluding hydrogens is 460 g/mol. The molecule has 0 aliphatic rings. The van der Waals surface area contributed by atoms with Gasteiger partial charge in [-0.05, 0) is 37.1 Å². The van der Waals surface area contributed by atoms with E-state index in [1.54, 1.807) is 35.1 Å². The molecule has 1 heterocycles. The number of benzene rings is 2. The molecule has 0 aliphatic heterocycles. The molecule has 0 saturated carbocycles. The number of carbonyl (C=O) groups excluding carboxylic acids is 2. The number of carbonyl (C=O) groups is 2. The second-order valence-electron chi connectivity index (χ2n) is 6.80. The lowest BCUT2D eigenvalue weighted by Crippen LogP contribution is -2.26. The lowest BCUT2D eigenvalue weighted by atomic mass is 10.2. The fourth-order valence-electron chi connectivity index (χ4n) is 3.04. The van der Waals surface area contributed by atoms with Crippen molar-refractivity contribution in [2.45, 2.75) is 26.3 Å². The molecule has 162 valence electrons. The van der Waals surface area contributed by atoms with E-state index in [9.17, 15) is 9.59 Å². The van der Waals surface area contributed by atoms with Crippen LogP contribution >= 0.6 is 15.9 Å². The summed E-state index contributed by atoms with van der Waals surface area (Å²) in [6.07, 6.45) is 2.46. The Hall–Kier alpha value is -3.13. The average molecular weight is 485 g/mol. The molecule has 2 N–H and O–H groups in total. The van der Waals surface area contributed by atoms with Crippen LogP contribution in [0.15, 0.2) is 65.3 Å². The molecule has 3 rings (SSSR count). The molecule has 0 fully saturated rings. The first kappa shape index (κ1) is 22.6.